The summed E-state index contributed by atoms with van der Waals surface area (Å²) in [4.78, 5) is 35.5. The van der Waals surface area contributed by atoms with Gasteiger partial charge in [0.15, 0.2) is 5.78 Å². The molecule has 0 aromatic heterocycles. The van der Waals surface area contributed by atoms with Gasteiger partial charge in [0.2, 0.25) is 0 Å². The molecule has 0 radical (unpaired) electrons. The van der Waals surface area contributed by atoms with Crippen molar-refractivity contribution in [3.63, 3.8) is 0 Å². The van der Waals surface area contributed by atoms with Crippen molar-refractivity contribution in [3.8, 4) is 0 Å². The molecule has 0 saturated carbocycles. The Morgan fingerprint density at radius 1 is 0.846 bits per heavy atom. The molecule has 26 heavy (non-hydrogen) atoms. The van der Waals surface area contributed by atoms with Gasteiger partial charge in [0.05, 0.1) is 5.56 Å². The minimum atomic E-state index is -0.568. The van der Waals surface area contributed by atoms with Crippen molar-refractivity contribution < 1.29 is 23.9 Å². The highest BCUT2D eigenvalue weighted by molar-refractivity contribution is 6.30. The van der Waals surface area contributed by atoms with Crippen LogP contribution in [0, 0.1) is 0 Å². The van der Waals surface area contributed by atoms with Crippen molar-refractivity contribution in [2.75, 3.05) is 13.2 Å². The Morgan fingerprint density at radius 2 is 1.31 bits per heavy atom. The van der Waals surface area contributed by atoms with Crippen LogP contribution in [0.2, 0.25) is 5.02 Å². The summed E-state index contributed by atoms with van der Waals surface area (Å²) in [5, 5.41) is 0.550. The van der Waals surface area contributed by atoms with Gasteiger partial charge in [-0.05, 0) is 43.3 Å². The van der Waals surface area contributed by atoms with Crippen molar-refractivity contribution >= 4 is 29.3 Å². The minimum Gasteiger partial charge on any atom is -0.459 e. The lowest BCUT2D eigenvalue weighted by atomic mass is 10.0. The zero-order valence-corrected chi connectivity index (χ0v) is 14.9. The fraction of sp³-hybridized carbons (Fsp3) is 0.150. The quantitative estimate of drug-likeness (QED) is 0.319. The van der Waals surface area contributed by atoms with Crippen LogP contribution in [0.4, 0.5) is 0 Å². The van der Waals surface area contributed by atoms with Gasteiger partial charge in [0.25, 0.3) is 0 Å². The summed E-state index contributed by atoms with van der Waals surface area (Å²) >= 11 is 5.81. The van der Waals surface area contributed by atoms with E-state index in [-0.39, 0.29) is 24.6 Å². The first-order valence-corrected chi connectivity index (χ1v) is 8.16. The molecule has 2 rings (SSSR count). The third kappa shape index (κ3) is 5.29. The van der Waals surface area contributed by atoms with Gasteiger partial charge >= 0.3 is 11.9 Å². The molecule has 5 nitrogen and oxygen atoms in total. The molecule has 0 bridgehead atoms. The SMILES string of the molecule is C=C(C)C(=O)OCCOC(=O)c1ccc(C(=O)c2ccc(Cl)cc2)cc1. The highest BCUT2D eigenvalue weighted by atomic mass is 35.5. The summed E-state index contributed by atoms with van der Waals surface area (Å²) in [6, 6.07) is 12.7. The summed E-state index contributed by atoms with van der Waals surface area (Å²) in [5.41, 5.74) is 1.52. The average molecular weight is 373 g/mol. The highest BCUT2D eigenvalue weighted by Crippen LogP contribution is 2.15. The van der Waals surface area contributed by atoms with E-state index in [0.717, 1.165) is 0 Å². The number of carbonyl (C=O) groups excluding carboxylic acids is 3. The van der Waals surface area contributed by atoms with Crippen molar-refractivity contribution in [1.29, 1.82) is 0 Å². The Balaban J connectivity index is 1.91. The van der Waals surface area contributed by atoms with E-state index >= 15 is 0 Å². The molecule has 2 aromatic carbocycles. The molecule has 0 spiro atoms. The molecular formula is C20H17ClO5. The molecule has 0 N–H and O–H groups in total. The topological polar surface area (TPSA) is 69.7 Å². The van der Waals surface area contributed by atoms with Crippen molar-refractivity contribution in [2.45, 2.75) is 6.92 Å². The number of halogens is 1. The van der Waals surface area contributed by atoms with Gasteiger partial charge in [-0.25, -0.2) is 9.59 Å². The third-order valence-electron chi connectivity index (χ3n) is 3.39. The lowest BCUT2D eigenvalue weighted by molar-refractivity contribution is -0.140. The lowest BCUT2D eigenvalue weighted by Crippen LogP contribution is -2.14. The predicted octanol–water partition coefficient (Wildman–Crippen LogP) is 3.85. The van der Waals surface area contributed by atoms with Gasteiger partial charge in [0, 0.05) is 21.7 Å². The van der Waals surface area contributed by atoms with E-state index < -0.39 is 11.9 Å². The second kappa shape index (κ2) is 8.97. The monoisotopic (exact) mass is 372 g/mol. The summed E-state index contributed by atoms with van der Waals surface area (Å²) in [5.74, 6) is -1.28. The highest BCUT2D eigenvalue weighted by Gasteiger charge is 2.12. The number of ketones is 1. The molecule has 0 unspecified atom stereocenters. The van der Waals surface area contributed by atoms with Gasteiger partial charge in [0.1, 0.15) is 13.2 Å². The predicted molar refractivity (Wildman–Crippen MR) is 97.4 cm³/mol. The molecule has 0 heterocycles. The summed E-state index contributed by atoms with van der Waals surface area (Å²) in [6.45, 7) is 4.86. The molecule has 0 atom stereocenters. The van der Waals surface area contributed by atoms with Crippen LogP contribution in [-0.4, -0.2) is 30.9 Å². The maximum atomic E-state index is 12.4. The second-order valence-electron chi connectivity index (χ2n) is 5.47. The van der Waals surface area contributed by atoms with E-state index in [2.05, 4.69) is 6.58 Å². The summed E-state index contributed by atoms with van der Waals surface area (Å²) < 4.78 is 9.84. The smallest absolute Gasteiger partial charge is 0.338 e. The van der Waals surface area contributed by atoms with Gasteiger partial charge < -0.3 is 9.47 Å². The van der Waals surface area contributed by atoms with Crippen LogP contribution >= 0.6 is 11.6 Å². The molecule has 0 saturated heterocycles. The largest absolute Gasteiger partial charge is 0.459 e. The van der Waals surface area contributed by atoms with Gasteiger partial charge in [-0.1, -0.05) is 30.3 Å². The van der Waals surface area contributed by atoms with Crippen LogP contribution in [0.15, 0.2) is 60.7 Å². The number of carbonyl (C=O) groups is 3. The molecule has 0 aliphatic rings. The van der Waals surface area contributed by atoms with Crippen LogP contribution < -0.4 is 0 Å². The minimum absolute atomic E-state index is 0.0510. The molecule has 0 amide bonds. The molecule has 6 heteroatoms. The zero-order chi connectivity index (χ0) is 19.1. The Hall–Kier alpha value is -2.92. The lowest BCUT2D eigenvalue weighted by Gasteiger charge is -2.07. The molecular weight excluding hydrogens is 356 g/mol. The maximum absolute atomic E-state index is 12.4. The Morgan fingerprint density at radius 3 is 1.85 bits per heavy atom. The van der Waals surface area contributed by atoms with Crippen LogP contribution in [-0.2, 0) is 14.3 Å². The number of hydrogen-bond donors (Lipinski definition) is 0. The molecule has 2 aromatic rings. The molecule has 0 fully saturated rings. The van der Waals surface area contributed by atoms with E-state index in [1.807, 2.05) is 0 Å². The second-order valence-corrected chi connectivity index (χ2v) is 5.90. The van der Waals surface area contributed by atoms with Crippen molar-refractivity contribution in [3.05, 3.63) is 82.4 Å². The standard InChI is InChI=1S/C20H17ClO5/c1-13(2)19(23)25-11-12-26-20(24)16-5-3-14(4-6-16)18(22)15-7-9-17(21)10-8-15/h3-10H,1,11-12H2,2H3. The summed E-state index contributed by atoms with van der Waals surface area (Å²) in [6.07, 6.45) is 0. The van der Waals surface area contributed by atoms with Crippen LogP contribution in [0.5, 0.6) is 0 Å². The van der Waals surface area contributed by atoms with E-state index in [1.54, 1.807) is 36.4 Å². The first kappa shape index (κ1) is 19.4. The average Bonchev–Trinajstić information content (AvgIpc) is 2.65. The number of hydrogen-bond acceptors (Lipinski definition) is 5. The maximum Gasteiger partial charge on any atom is 0.338 e. The van der Waals surface area contributed by atoms with Crippen LogP contribution in [0.3, 0.4) is 0 Å². The molecule has 0 aliphatic heterocycles. The fourth-order valence-corrected chi connectivity index (χ4v) is 2.13. The Bertz CT molecular complexity index is 822. The Labute approximate surface area is 156 Å². The van der Waals surface area contributed by atoms with E-state index in [0.29, 0.717) is 21.7 Å². The third-order valence-corrected chi connectivity index (χ3v) is 3.64. The summed E-state index contributed by atoms with van der Waals surface area (Å²) in [7, 11) is 0. The van der Waals surface area contributed by atoms with Crippen LogP contribution in [0.1, 0.15) is 33.2 Å². The normalized spacial score (nSPS) is 10.1. The zero-order valence-electron chi connectivity index (χ0n) is 14.2. The van der Waals surface area contributed by atoms with Gasteiger partial charge in [-0.2, -0.15) is 0 Å². The van der Waals surface area contributed by atoms with E-state index in [1.165, 1.54) is 19.1 Å². The number of rotatable bonds is 7. The number of ether oxygens (including phenoxy) is 2. The number of esters is 2. The first-order chi connectivity index (χ1) is 12.4. The fourth-order valence-electron chi connectivity index (χ4n) is 2.00. The van der Waals surface area contributed by atoms with Crippen LogP contribution in [0.25, 0.3) is 0 Å². The van der Waals surface area contributed by atoms with E-state index in [9.17, 15) is 14.4 Å². The number of benzene rings is 2. The molecule has 134 valence electrons. The molecule has 0 aliphatic carbocycles. The van der Waals surface area contributed by atoms with E-state index in [4.69, 9.17) is 21.1 Å². The Kier molecular flexibility index (Phi) is 6.69. The van der Waals surface area contributed by atoms with Gasteiger partial charge in [-0.3, -0.25) is 4.79 Å². The first-order valence-electron chi connectivity index (χ1n) is 7.78. The van der Waals surface area contributed by atoms with Gasteiger partial charge in [-0.15, -0.1) is 0 Å². The van der Waals surface area contributed by atoms with Crippen molar-refractivity contribution in [1.82, 2.24) is 0 Å². The van der Waals surface area contributed by atoms with Crippen molar-refractivity contribution in [2.24, 2.45) is 0 Å².